The minimum atomic E-state index is -3.64. The maximum atomic E-state index is 13.5. The third-order valence-electron chi connectivity index (χ3n) is 5.09. The Morgan fingerprint density at radius 3 is 2.72 bits per heavy atom. The molecule has 1 saturated heterocycles. The number of nitrogens with zero attached hydrogens (tertiary/aromatic N) is 3. The van der Waals surface area contributed by atoms with E-state index in [1.54, 1.807) is 4.31 Å². The second kappa shape index (κ2) is 5.71. The molecule has 1 atom stereocenters. The number of rotatable bonds is 3. The summed E-state index contributed by atoms with van der Waals surface area (Å²) in [6.45, 7) is 4.20. The lowest BCUT2D eigenvalue weighted by atomic mass is 10.2. The summed E-state index contributed by atoms with van der Waals surface area (Å²) in [5.74, 6) is 0.622. The monoisotopic (exact) mass is 359 g/mol. The lowest BCUT2D eigenvalue weighted by Gasteiger charge is -2.22. The summed E-state index contributed by atoms with van der Waals surface area (Å²) < 4.78 is 35.9. The second-order valence-electron chi connectivity index (χ2n) is 6.64. The van der Waals surface area contributed by atoms with Crippen LogP contribution in [-0.4, -0.2) is 29.0 Å². The van der Waals surface area contributed by atoms with Gasteiger partial charge < -0.3 is 9.09 Å². The van der Waals surface area contributed by atoms with Crippen LogP contribution in [0.4, 0.5) is 0 Å². The Kier molecular flexibility index (Phi) is 3.73. The molecule has 1 fully saturated rings. The third kappa shape index (κ3) is 2.41. The first-order chi connectivity index (χ1) is 11.9. The first-order valence-electron chi connectivity index (χ1n) is 8.40. The summed E-state index contributed by atoms with van der Waals surface area (Å²) in [5, 5.41) is 4.69. The van der Waals surface area contributed by atoms with E-state index in [-0.39, 0.29) is 6.04 Å². The van der Waals surface area contributed by atoms with Gasteiger partial charge in [-0.1, -0.05) is 23.4 Å². The fourth-order valence-corrected chi connectivity index (χ4v) is 5.89. The van der Waals surface area contributed by atoms with Crippen LogP contribution in [0.1, 0.15) is 36.0 Å². The molecule has 0 amide bonds. The quantitative estimate of drug-likeness (QED) is 0.719. The molecule has 3 aromatic rings. The largest absolute Gasteiger partial charge is 0.359 e. The Morgan fingerprint density at radius 1 is 1.24 bits per heavy atom. The zero-order valence-corrected chi connectivity index (χ0v) is 15.4. The lowest BCUT2D eigenvalue weighted by molar-refractivity contribution is 0.297. The van der Waals surface area contributed by atoms with Gasteiger partial charge in [0, 0.05) is 36.3 Å². The SMILES string of the molecule is Cc1cc(C2CCCN2S(=O)(=O)c2c(C)n(C)c3ccccc23)on1. The van der Waals surface area contributed by atoms with Crippen LogP contribution in [0.5, 0.6) is 0 Å². The highest BCUT2D eigenvalue weighted by molar-refractivity contribution is 7.89. The van der Waals surface area contributed by atoms with Gasteiger partial charge in [-0.2, -0.15) is 4.31 Å². The van der Waals surface area contributed by atoms with Gasteiger partial charge in [0.1, 0.15) is 4.90 Å². The van der Waals surface area contributed by atoms with Crippen molar-refractivity contribution in [3.63, 3.8) is 0 Å². The maximum absolute atomic E-state index is 13.5. The molecule has 4 rings (SSSR count). The molecule has 0 bridgehead atoms. The van der Waals surface area contributed by atoms with Crippen molar-refractivity contribution in [1.82, 2.24) is 14.0 Å². The number of benzene rings is 1. The summed E-state index contributed by atoms with van der Waals surface area (Å²) >= 11 is 0. The Morgan fingerprint density at radius 2 is 2.00 bits per heavy atom. The summed E-state index contributed by atoms with van der Waals surface area (Å²) in [6, 6.07) is 9.16. The molecule has 0 aliphatic carbocycles. The van der Waals surface area contributed by atoms with Gasteiger partial charge in [-0.3, -0.25) is 0 Å². The van der Waals surface area contributed by atoms with Gasteiger partial charge in [0.05, 0.1) is 11.7 Å². The van der Waals surface area contributed by atoms with Crippen molar-refractivity contribution in [3.05, 3.63) is 47.5 Å². The molecule has 7 heteroatoms. The number of sulfonamides is 1. The van der Waals surface area contributed by atoms with Crippen molar-refractivity contribution >= 4 is 20.9 Å². The maximum Gasteiger partial charge on any atom is 0.246 e. The number of fused-ring (bicyclic) bond motifs is 1. The second-order valence-corrected chi connectivity index (χ2v) is 8.46. The van der Waals surface area contributed by atoms with Gasteiger partial charge in [-0.05, 0) is 32.8 Å². The van der Waals surface area contributed by atoms with Crippen molar-refractivity contribution in [2.75, 3.05) is 6.54 Å². The summed E-state index contributed by atoms with van der Waals surface area (Å²) in [5.41, 5.74) is 2.44. The van der Waals surface area contributed by atoms with Crippen LogP contribution < -0.4 is 0 Å². The molecule has 1 aliphatic rings. The number of hydrogen-bond donors (Lipinski definition) is 0. The lowest BCUT2D eigenvalue weighted by Crippen LogP contribution is -2.31. The predicted octanol–water partition coefficient (Wildman–Crippen LogP) is 3.31. The zero-order valence-electron chi connectivity index (χ0n) is 14.6. The molecule has 25 heavy (non-hydrogen) atoms. The van der Waals surface area contributed by atoms with Gasteiger partial charge in [-0.25, -0.2) is 8.42 Å². The van der Waals surface area contributed by atoms with Crippen LogP contribution in [0.15, 0.2) is 39.8 Å². The number of aryl methyl sites for hydroxylation is 2. The third-order valence-corrected chi connectivity index (χ3v) is 7.17. The van der Waals surface area contributed by atoms with Crippen molar-refractivity contribution in [2.45, 2.75) is 37.6 Å². The summed E-state index contributed by atoms with van der Waals surface area (Å²) in [4.78, 5) is 0.397. The molecule has 0 N–H and O–H groups in total. The number of para-hydroxylation sites is 1. The molecular weight excluding hydrogens is 338 g/mol. The summed E-state index contributed by atoms with van der Waals surface area (Å²) in [6.07, 6.45) is 1.56. The van der Waals surface area contributed by atoms with E-state index in [1.165, 1.54) is 0 Å². The van der Waals surface area contributed by atoms with Crippen molar-refractivity contribution in [1.29, 1.82) is 0 Å². The Labute approximate surface area is 147 Å². The fraction of sp³-hybridized carbons (Fsp3) is 0.389. The minimum absolute atomic E-state index is 0.287. The smallest absolute Gasteiger partial charge is 0.246 e. The highest BCUT2D eigenvalue weighted by Gasteiger charge is 2.40. The highest BCUT2D eigenvalue weighted by Crippen LogP contribution is 2.40. The van der Waals surface area contributed by atoms with Gasteiger partial charge >= 0.3 is 0 Å². The van der Waals surface area contributed by atoms with Gasteiger partial charge in [0.25, 0.3) is 0 Å². The first-order valence-corrected chi connectivity index (χ1v) is 9.84. The Balaban J connectivity index is 1.86. The van der Waals surface area contributed by atoms with E-state index in [1.807, 2.05) is 55.8 Å². The Hall–Kier alpha value is -2.12. The van der Waals surface area contributed by atoms with Crippen LogP contribution in [0.2, 0.25) is 0 Å². The van der Waals surface area contributed by atoms with E-state index in [2.05, 4.69) is 5.16 Å². The standard InChI is InChI=1S/C18H21N3O3S/c1-12-11-17(24-19-12)16-9-6-10-21(16)25(22,23)18-13(2)20(3)15-8-5-4-7-14(15)18/h4-5,7-8,11,16H,6,9-10H2,1-3H3. The molecule has 1 aliphatic heterocycles. The summed E-state index contributed by atoms with van der Waals surface area (Å²) in [7, 11) is -1.74. The molecule has 6 nitrogen and oxygen atoms in total. The van der Waals surface area contributed by atoms with Gasteiger partial charge in [0.15, 0.2) is 5.76 Å². The van der Waals surface area contributed by atoms with Crippen molar-refractivity contribution in [2.24, 2.45) is 7.05 Å². The first kappa shape index (κ1) is 16.4. The van der Waals surface area contributed by atoms with E-state index >= 15 is 0 Å². The molecule has 0 spiro atoms. The molecule has 3 heterocycles. The van der Waals surface area contributed by atoms with E-state index in [9.17, 15) is 8.42 Å². The highest BCUT2D eigenvalue weighted by atomic mass is 32.2. The van der Waals surface area contributed by atoms with Gasteiger partial charge in [-0.15, -0.1) is 0 Å². The number of hydrogen-bond acceptors (Lipinski definition) is 4. The van der Waals surface area contributed by atoms with Crippen molar-refractivity contribution in [3.8, 4) is 0 Å². The Bertz CT molecular complexity index is 1050. The van der Waals surface area contributed by atoms with E-state index in [0.29, 0.717) is 17.2 Å². The van der Waals surface area contributed by atoms with Gasteiger partial charge in [0.2, 0.25) is 10.0 Å². The van der Waals surface area contributed by atoms with E-state index in [4.69, 9.17) is 4.52 Å². The molecule has 132 valence electrons. The van der Waals surface area contributed by atoms with Crippen LogP contribution in [0.3, 0.4) is 0 Å². The fourth-order valence-electron chi connectivity index (χ4n) is 3.78. The molecule has 2 aromatic heterocycles. The predicted molar refractivity (Wildman–Crippen MR) is 94.8 cm³/mol. The van der Waals surface area contributed by atoms with Crippen LogP contribution in [-0.2, 0) is 17.1 Å². The van der Waals surface area contributed by atoms with Crippen LogP contribution >= 0.6 is 0 Å². The van der Waals surface area contributed by atoms with Crippen LogP contribution in [0, 0.1) is 13.8 Å². The molecule has 0 saturated carbocycles. The topological polar surface area (TPSA) is 68.3 Å². The van der Waals surface area contributed by atoms with E-state index in [0.717, 1.165) is 35.1 Å². The van der Waals surface area contributed by atoms with E-state index < -0.39 is 10.0 Å². The zero-order chi connectivity index (χ0) is 17.8. The number of aromatic nitrogens is 2. The minimum Gasteiger partial charge on any atom is -0.359 e. The average molecular weight is 359 g/mol. The van der Waals surface area contributed by atoms with Crippen molar-refractivity contribution < 1.29 is 12.9 Å². The normalized spacial score (nSPS) is 19.1. The average Bonchev–Trinajstić information content (AvgIpc) is 3.27. The molecule has 1 aromatic carbocycles. The van der Waals surface area contributed by atoms with Crippen LogP contribution in [0.25, 0.3) is 10.9 Å². The molecule has 1 unspecified atom stereocenters. The molecular formula is C18H21N3O3S. The molecule has 0 radical (unpaired) electrons.